The maximum Gasteiger partial charge on any atom is 0.143 e. The Morgan fingerprint density at radius 2 is 1.55 bits per heavy atom. The SMILES string of the molecule is COc1cc(Nc2ccccc2)c(N)cc1N.Cl.Cl.O. The van der Waals surface area contributed by atoms with Crippen molar-refractivity contribution in [3.63, 3.8) is 0 Å². The molecule has 0 heterocycles. The molecule has 5 nitrogen and oxygen atoms in total. The maximum atomic E-state index is 5.89. The number of nitrogens with one attached hydrogen (secondary N) is 1. The molecule has 0 atom stereocenters. The van der Waals surface area contributed by atoms with E-state index < -0.39 is 0 Å². The zero-order valence-corrected chi connectivity index (χ0v) is 12.6. The Balaban J connectivity index is 0. The van der Waals surface area contributed by atoms with E-state index in [0.717, 1.165) is 11.4 Å². The van der Waals surface area contributed by atoms with Crippen LogP contribution in [0.1, 0.15) is 0 Å². The van der Waals surface area contributed by atoms with Crippen LogP contribution in [0.3, 0.4) is 0 Å². The molecule has 2 aromatic carbocycles. The van der Waals surface area contributed by atoms with Crippen molar-refractivity contribution in [2.75, 3.05) is 23.9 Å². The first kappa shape index (κ1) is 20.5. The van der Waals surface area contributed by atoms with Crippen LogP contribution in [0, 0.1) is 0 Å². The number of halogens is 2. The van der Waals surface area contributed by atoms with E-state index in [1.807, 2.05) is 30.3 Å². The summed E-state index contributed by atoms with van der Waals surface area (Å²) in [7, 11) is 1.58. The van der Waals surface area contributed by atoms with Crippen molar-refractivity contribution in [1.29, 1.82) is 0 Å². The molecule has 2 rings (SSSR count). The third-order valence-electron chi connectivity index (χ3n) is 2.45. The molecule has 0 radical (unpaired) electrons. The molecule has 0 saturated heterocycles. The molecule has 0 fully saturated rings. The topological polar surface area (TPSA) is 105 Å². The quantitative estimate of drug-likeness (QED) is 0.756. The van der Waals surface area contributed by atoms with Gasteiger partial charge in [0.25, 0.3) is 0 Å². The van der Waals surface area contributed by atoms with Gasteiger partial charge in [-0.2, -0.15) is 0 Å². The van der Waals surface area contributed by atoms with Crippen LogP contribution in [0.5, 0.6) is 5.75 Å². The zero-order valence-electron chi connectivity index (χ0n) is 10.9. The number of anilines is 4. The van der Waals surface area contributed by atoms with Crippen molar-refractivity contribution in [1.82, 2.24) is 0 Å². The molecule has 7 heteroatoms. The highest BCUT2D eigenvalue weighted by atomic mass is 35.5. The molecule has 0 spiro atoms. The van der Waals surface area contributed by atoms with Gasteiger partial charge in [-0.15, -0.1) is 24.8 Å². The molecule has 2 aromatic rings. The zero-order chi connectivity index (χ0) is 12.3. The molecule has 0 aliphatic carbocycles. The summed E-state index contributed by atoms with van der Waals surface area (Å²) in [6, 6.07) is 13.3. The standard InChI is InChI=1S/C13H15N3O.2ClH.H2O/c1-17-13-8-12(10(14)7-11(13)15)16-9-5-3-2-4-6-9;;;/h2-8,16H,14-15H2,1H3;2*1H;1H2. The lowest BCUT2D eigenvalue weighted by molar-refractivity contribution is 0.417. The van der Waals surface area contributed by atoms with Crippen molar-refractivity contribution in [3.05, 3.63) is 42.5 Å². The summed E-state index contributed by atoms with van der Waals surface area (Å²) in [5, 5.41) is 3.21. The average Bonchev–Trinajstić information content (AvgIpc) is 2.34. The normalized spacial score (nSPS) is 8.45. The predicted molar refractivity (Wildman–Crippen MR) is 89.7 cm³/mol. The molecular weight excluding hydrogens is 301 g/mol. The Morgan fingerprint density at radius 3 is 2.10 bits per heavy atom. The fourth-order valence-electron chi connectivity index (χ4n) is 1.58. The molecule has 0 saturated carbocycles. The number of benzene rings is 2. The Hall–Kier alpha value is -1.82. The molecule has 20 heavy (non-hydrogen) atoms. The Morgan fingerprint density at radius 1 is 0.950 bits per heavy atom. The van der Waals surface area contributed by atoms with E-state index >= 15 is 0 Å². The molecule has 112 valence electrons. The number of rotatable bonds is 3. The smallest absolute Gasteiger partial charge is 0.143 e. The Labute approximate surface area is 130 Å². The van der Waals surface area contributed by atoms with Crippen molar-refractivity contribution in [2.24, 2.45) is 0 Å². The first-order valence-electron chi connectivity index (χ1n) is 5.26. The molecule has 0 amide bonds. The van der Waals surface area contributed by atoms with Gasteiger partial charge in [-0.1, -0.05) is 18.2 Å². The minimum atomic E-state index is 0. The van der Waals surface area contributed by atoms with E-state index in [4.69, 9.17) is 16.2 Å². The van der Waals surface area contributed by atoms with Crippen molar-refractivity contribution < 1.29 is 10.2 Å². The van der Waals surface area contributed by atoms with Crippen LogP contribution in [-0.2, 0) is 0 Å². The highest BCUT2D eigenvalue weighted by Gasteiger charge is 2.06. The van der Waals surface area contributed by atoms with Crippen molar-refractivity contribution in [2.45, 2.75) is 0 Å². The second-order valence-electron chi connectivity index (χ2n) is 3.67. The molecule has 0 aromatic heterocycles. The Bertz CT molecular complexity index is 525. The third kappa shape index (κ3) is 4.70. The van der Waals surface area contributed by atoms with Crippen molar-refractivity contribution >= 4 is 47.6 Å². The van der Waals surface area contributed by atoms with Gasteiger partial charge in [0.1, 0.15) is 5.75 Å². The minimum absolute atomic E-state index is 0. The number of hydrogen-bond donors (Lipinski definition) is 3. The Kier molecular flexibility index (Phi) is 9.37. The summed E-state index contributed by atoms with van der Waals surface area (Å²) in [5.41, 5.74) is 14.5. The number of ether oxygens (including phenoxy) is 1. The lowest BCUT2D eigenvalue weighted by Gasteiger charge is -2.12. The average molecular weight is 320 g/mol. The minimum Gasteiger partial charge on any atom is -0.495 e. The van der Waals surface area contributed by atoms with Gasteiger partial charge in [-0.25, -0.2) is 0 Å². The third-order valence-corrected chi connectivity index (χ3v) is 2.45. The summed E-state index contributed by atoms with van der Waals surface area (Å²) >= 11 is 0. The van der Waals surface area contributed by atoms with E-state index in [1.54, 1.807) is 19.2 Å². The summed E-state index contributed by atoms with van der Waals surface area (Å²) < 4.78 is 5.16. The number of nitrogen functional groups attached to an aromatic ring is 2. The summed E-state index contributed by atoms with van der Waals surface area (Å²) in [6.45, 7) is 0. The van der Waals surface area contributed by atoms with Gasteiger partial charge in [0.05, 0.1) is 24.2 Å². The number of hydrogen-bond acceptors (Lipinski definition) is 4. The second-order valence-corrected chi connectivity index (χ2v) is 3.67. The molecule has 0 bridgehead atoms. The van der Waals surface area contributed by atoms with Gasteiger partial charge in [0.15, 0.2) is 0 Å². The van der Waals surface area contributed by atoms with E-state index in [0.29, 0.717) is 17.1 Å². The largest absolute Gasteiger partial charge is 0.495 e. The van der Waals surface area contributed by atoms with Gasteiger partial charge >= 0.3 is 0 Å². The van der Waals surface area contributed by atoms with Crippen LogP contribution in [0.4, 0.5) is 22.7 Å². The first-order chi connectivity index (χ1) is 8.20. The van der Waals surface area contributed by atoms with Crippen LogP contribution in [0.25, 0.3) is 0 Å². The summed E-state index contributed by atoms with van der Waals surface area (Å²) in [4.78, 5) is 0. The van der Waals surface area contributed by atoms with Crippen molar-refractivity contribution in [3.8, 4) is 5.75 Å². The molecule has 0 aliphatic rings. The van der Waals surface area contributed by atoms with E-state index in [-0.39, 0.29) is 30.3 Å². The molecule has 7 N–H and O–H groups in total. The van der Waals surface area contributed by atoms with Crippen LogP contribution in [0.15, 0.2) is 42.5 Å². The highest BCUT2D eigenvalue weighted by molar-refractivity contribution is 5.85. The van der Waals surface area contributed by atoms with E-state index in [9.17, 15) is 0 Å². The van der Waals surface area contributed by atoms with Gasteiger partial charge in [0.2, 0.25) is 0 Å². The van der Waals surface area contributed by atoms with Crippen LogP contribution < -0.4 is 21.5 Å². The lowest BCUT2D eigenvalue weighted by Crippen LogP contribution is -2.00. The molecule has 0 unspecified atom stereocenters. The number of nitrogens with two attached hydrogens (primary N) is 2. The van der Waals surface area contributed by atoms with Crippen LogP contribution in [0.2, 0.25) is 0 Å². The summed E-state index contributed by atoms with van der Waals surface area (Å²) in [5.74, 6) is 0.609. The molecular formula is C13H19Cl2N3O2. The van der Waals surface area contributed by atoms with E-state index in [2.05, 4.69) is 5.32 Å². The second kappa shape index (κ2) is 9.14. The monoisotopic (exact) mass is 319 g/mol. The van der Waals surface area contributed by atoms with Gasteiger partial charge in [-0.3, -0.25) is 0 Å². The van der Waals surface area contributed by atoms with Gasteiger partial charge in [-0.05, 0) is 18.2 Å². The van der Waals surface area contributed by atoms with Gasteiger partial charge in [0, 0.05) is 11.8 Å². The molecule has 0 aliphatic heterocycles. The maximum absolute atomic E-state index is 5.89. The predicted octanol–water partition coefficient (Wildman–Crippen LogP) is 2.62. The van der Waals surface area contributed by atoms with Crippen LogP contribution in [-0.4, -0.2) is 12.6 Å². The van der Waals surface area contributed by atoms with E-state index in [1.165, 1.54) is 0 Å². The number of methoxy groups -OCH3 is 1. The first-order valence-corrected chi connectivity index (χ1v) is 5.26. The lowest BCUT2D eigenvalue weighted by atomic mass is 10.2. The summed E-state index contributed by atoms with van der Waals surface area (Å²) in [6.07, 6.45) is 0. The van der Waals surface area contributed by atoms with Gasteiger partial charge < -0.3 is 27.0 Å². The highest BCUT2D eigenvalue weighted by Crippen LogP contribution is 2.32. The fourth-order valence-corrected chi connectivity index (χ4v) is 1.58. The fraction of sp³-hybridized carbons (Fsp3) is 0.0769. The van der Waals surface area contributed by atoms with Crippen LogP contribution >= 0.6 is 24.8 Å². The number of para-hydroxylation sites is 1.